The summed E-state index contributed by atoms with van der Waals surface area (Å²) >= 11 is 2.38. The SMILES string of the molecule is C=C(C)C(CI)CC(C)N. The summed E-state index contributed by atoms with van der Waals surface area (Å²) in [4.78, 5) is 0. The summed E-state index contributed by atoms with van der Waals surface area (Å²) in [6, 6.07) is 0.302. The molecule has 10 heavy (non-hydrogen) atoms. The minimum Gasteiger partial charge on any atom is -0.328 e. The average molecular weight is 253 g/mol. The standard InChI is InChI=1S/C8H16IN/c1-6(2)8(5-9)4-7(3)10/h7-8H,1,4-5,10H2,2-3H3. The van der Waals surface area contributed by atoms with Gasteiger partial charge in [-0.05, 0) is 26.2 Å². The molecule has 1 nitrogen and oxygen atoms in total. The Kier molecular flexibility index (Phi) is 5.35. The van der Waals surface area contributed by atoms with Crippen LogP contribution < -0.4 is 5.73 Å². The Labute approximate surface area is 77.2 Å². The number of allylic oxidation sites excluding steroid dienone is 1. The molecular formula is C8H16IN. The molecule has 0 aromatic carbocycles. The molecule has 0 aliphatic carbocycles. The minimum absolute atomic E-state index is 0.302. The monoisotopic (exact) mass is 253 g/mol. The normalized spacial score (nSPS) is 16.4. The van der Waals surface area contributed by atoms with E-state index in [9.17, 15) is 0 Å². The lowest BCUT2D eigenvalue weighted by molar-refractivity contribution is 0.553. The van der Waals surface area contributed by atoms with Gasteiger partial charge in [0.25, 0.3) is 0 Å². The predicted octanol–water partition coefficient (Wildman–Crippen LogP) is 2.35. The average Bonchev–Trinajstić information content (AvgIpc) is 1.81. The summed E-state index contributed by atoms with van der Waals surface area (Å²) in [7, 11) is 0. The van der Waals surface area contributed by atoms with Gasteiger partial charge in [-0.25, -0.2) is 0 Å². The molecule has 0 amide bonds. The molecule has 0 heterocycles. The van der Waals surface area contributed by atoms with Crippen molar-refractivity contribution >= 4 is 22.6 Å². The van der Waals surface area contributed by atoms with Crippen molar-refractivity contribution in [2.24, 2.45) is 11.7 Å². The molecule has 0 bridgehead atoms. The summed E-state index contributed by atoms with van der Waals surface area (Å²) < 4.78 is 1.13. The Balaban J connectivity index is 3.72. The first-order chi connectivity index (χ1) is 4.57. The highest BCUT2D eigenvalue weighted by atomic mass is 127. The Bertz CT molecular complexity index is 110. The van der Waals surface area contributed by atoms with Crippen LogP contribution in [0.1, 0.15) is 20.3 Å². The summed E-state index contributed by atoms with van der Waals surface area (Å²) in [5.74, 6) is 0.612. The first kappa shape index (κ1) is 10.4. The second-order valence-corrected chi connectivity index (χ2v) is 3.79. The summed E-state index contributed by atoms with van der Waals surface area (Å²) in [5.41, 5.74) is 6.92. The minimum atomic E-state index is 0.302. The molecular weight excluding hydrogens is 237 g/mol. The predicted molar refractivity (Wildman–Crippen MR) is 55.5 cm³/mol. The van der Waals surface area contributed by atoms with Crippen LogP contribution in [0.3, 0.4) is 0 Å². The molecule has 0 saturated carbocycles. The largest absolute Gasteiger partial charge is 0.328 e. The van der Waals surface area contributed by atoms with E-state index in [1.807, 2.05) is 6.92 Å². The van der Waals surface area contributed by atoms with Crippen molar-refractivity contribution in [1.82, 2.24) is 0 Å². The van der Waals surface area contributed by atoms with E-state index in [0.29, 0.717) is 12.0 Å². The highest BCUT2D eigenvalue weighted by molar-refractivity contribution is 14.1. The molecule has 2 N–H and O–H groups in total. The van der Waals surface area contributed by atoms with Crippen LogP contribution in [0.5, 0.6) is 0 Å². The third kappa shape index (κ3) is 4.28. The zero-order valence-electron chi connectivity index (χ0n) is 6.73. The lowest BCUT2D eigenvalue weighted by atomic mass is 9.97. The van der Waals surface area contributed by atoms with Crippen molar-refractivity contribution in [3.63, 3.8) is 0 Å². The van der Waals surface area contributed by atoms with Crippen LogP contribution in [-0.4, -0.2) is 10.5 Å². The molecule has 0 radical (unpaired) electrons. The molecule has 2 heteroatoms. The summed E-state index contributed by atoms with van der Waals surface area (Å²) in [6.07, 6.45) is 1.07. The highest BCUT2D eigenvalue weighted by Gasteiger charge is 2.09. The van der Waals surface area contributed by atoms with E-state index < -0.39 is 0 Å². The van der Waals surface area contributed by atoms with Gasteiger partial charge in [0.2, 0.25) is 0 Å². The quantitative estimate of drug-likeness (QED) is 0.464. The Morgan fingerprint density at radius 3 is 2.30 bits per heavy atom. The number of hydrogen-bond donors (Lipinski definition) is 1. The van der Waals surface area contributed by atoms with Crippen molar-refractivity contribution in [3.8, 4) is 0 Å². The van der Waals surface area contributed by atoms with Crippen molar-refractivity contribution in [2.45, 2.75) is 26.3 Å². The van der Waals surface area contributed by atoms with Crippen molar-refractivity contribution in [2.75, 3.05) is 4.43 Å². The lowest BCUT2D eigenvalue weighted by Gasteiger charge is -2.15. The molecule has 0 saturated heterocycles. The van der Waals surface area contributed by atoms with Gasteiger partial charge in [-0.15, -0.1) is 0 Å². The Morgan fingerprint density at radius 1 is 1.70 bits per heavy atom. The Morgan fingerprint density at radius 2 is 2.20 bits per heavy atom. The molecule has 0 rings (SSSR count). The van der Waals surface area contributed by atoms with Crippen LogP contribution in [0, 0.1) is 5.92 Å². The third-order valence-electron chi connectivity index (χ3n) is 1.54. The van der Waals surface area contributed by atoms with Crippen LogP contribution in [0.15, 0.2) is 12.2 Å². The van der Waals surface area contributed by atoms with Gasteiger partial charge in [0, 0.05) is 10.5 Å². The van der Waals surface area contributed by atoms with Gasteiger partial charge in [0.1, 0.15) is 0 Å². The smallest absolute Gasteiger partial charge is 0.00613 e. The van der Waals surface area contributed by atoms with Gasteiger partial charge in [0.15, 0.2) is 0 Å². The van der Waals surface area contributed by atoms with Gasteiger partial charge in [-0.3, -0.25) is 0 Å². The molecule has 0 aromatic heterocycles. The highest BCUT2D eigenvalue weighted by Crippen LogP contribution is 2.16. The lowest BCUT2D eigenvalue weighted by Crippen LogP contribution is -2.20. The molecule has 0 spiro atoms. The molecule has 0 aliphatic rings. The van der Waals surface area contributed by atoms with Crippen molar-refractivity contribution in [3.05, 3.63) is 12.2 Å². The van der Waals surface area contributed by atoms with Crippen molar-refractivity contribution < 1.29 is 0 Å². The summed E-state index contributed by atoms with van der Waals surface area (Å²) in [5, 5.41) is 0. The number of hydrogen-bond acceptors (Lipinski definition) is 1. The number of nitrogens with two attached hydrogens (primary N) is 1. The molecule has 2 unspecified atom stereocenters. The fourth-order valence-electron chi connectivity index (χ4n) is 0.845. The number of halogens is 1. The van der Waals surface area contributed by atoms with Gasteiger partial charge in [-0.1, -0.05) is 34.7 Å². The zero-order chi connectivity index (χ0) is 8.15. The second-order valence-electron chi connectivity index (χ2n) is 2.91. The zero-order valence-corrected chi connectivity index (χ0v) is 8.89. The van der Waals surface area contributed by atoms with Crippen molar-refractivity contribution in [1.29, 1.82) is 0 Å². The summed E-state index contributed by atoms with van der Waals surface area (Å²) in [6.45, 7) is 8.04. The van der Waals surface area contributed by atoms with E-state index in [2.05, 4.69) is 36.1 Å². The van der Waals surface area contributed by atoms with Crippen LogP contribution in [0.4, 0.5) is 0 Å². The molecule has 0 fully saturated rings. The maximum atomic E-state index is 5.66. The molecule has 2 atom stereocenters. The van der Waals surface area contributed by atoms with E-state index in [4.69, 9.17) is 5.73 Å². The fourth-order valence-corrected chi connectivity index (χ4v) is 1.96. The third-order valence-corrected chi connectivity index (χ3v) is 2.60. The number of rotatable bonds is 4. The van der Waals surface area contributed by atoms with E-state index in [1.54, 1.807) is 0 Å². The van der Waals surface area contributed by atoms with Gasteiger partial charge in [0.05, 0.1) is 0 Å². The van der Waals surface area contributed by atoms with E-state index in [-0.39, 0.29) is 0 Å². The first-order valence-electron chi connectivity index (χ1n) is 3.54. The topological polar surface area (TPSA) is 26.0 Å². The van der Waals surface area contributed by atoms with Crippen LogP contribution >= 0.6 is 22.6 Å². The number of alkyl halides is 1. The van der Waals surface area contributed by atoms with Gasteiger partial charge in [-0.2, -0.15) is 0 Å². The fraction of sp³-hybridized carbons (Fsp3) is 0.750. The molecule has 0 aromatic rings. The van der Waals surface area contributed by atoms with E-state index in [0.717, 1.165) is 10.8 Å². The molecule has 0 aliphatic heterocycles. The van der Waals surface area contributed by atoms with Crippen LogP contribution in [0.2, 0.25) is 0 Å². The maximum absolute atomic E-state index is 5.66. The van der Waals surface area contributed by atoms with E-state index >= 15 is 0 Å². The second kappa shape index (κ2) is 5.13. The van der Waals surface area contributed by atoms with Gasteiger partial charge >= 0.3 is 0 Å². The molecule has 60 valence electrons. The van der Waals surface area contributed by atoms with Crippen LogP contribution in [-0.2, 0) is 0 Å². The van der Waals surface area contributed by atoms with E-state index in [1.165, 1.54) is 5.57 Å². The first-order valence-corrected chi connectivity index (χ1v) is 5.07. The van der Waals surface area contributed by atoms with Crippen LogP contribution in [0.25, 0.3) is 0 Å². The Hall–Kier alpha value is 0.430. The maximum Gasteiger partial charge on any atom is 0.00613 e. The van der Waals surface area contributed by atoms with Gasteiger partial charge < -0.3 is 5.73 Å².